The van der Waals surface area contributed by atoms with E-state index < -0.39 is 94.7 Å². The third-order valence-corrected chi connectivity index (χ3v) is 7.00. The average molecular weight is 482 g/mol. The number of benzene rings is 1. The van der Waals surface area contributed by atoms with Crippen LogP contribution in [0.4, 0.5) is 0 Å². The molecule has 3 aliphatic rings. The average Bonchev–Trinajstić information content (AvgIpc) is 2.78. The molecule has 2 aliphatic heterocycles. The van der Waals surface area contributed by atoms with E-state index >= 15 is 0 Å². The Bertz CT molecular complexity index is 1040. The molecule has 186 valence electrons. The summed E-state index contributed by atoms with van der Waals surface area (Å²) in [5, 5.41) is 72.0. The first-order chi connectivity index (χ1) is 15.9. The minimum Gasteiger partial charge on any atom is -0.507 e. The molecule has 8 atom stereocenters. The van der Waals surface area contributed by atoms with Crippen molar-refractivity contribution in [3.63, 3.8) is 0 Å². The summed E-state index contributed by atoms with van der Waals surface area (Å²) in [6, 6.07) is 0.960. The molecular formula is C22H26O12. The summed E-state index contributed by atoms with van der Waals surface area (Å²) in [5.41, 5.74) is -2.10. The lowest BCUT2D eigenvalue weighted by Gasteiger charge is -2.44. The summed E-state index contributed by atoms with van der Waals surface area (Å²) in [6.07, 6.45) is -11.6. The summed E-state index contributed by atoms with van der Waals surface area (Å²) in [5.74, 6) is -4.06. The van der Waals surface area contributed by atoms with Crippen LogP contribution in [0.5, 0.6) is 17.2 Å². The van der Waals surface area contributed by atoms with Gasteiger partial charge >= 0.3 is 0 Å². The zero-order chi connectivity index (χ0) is 25.1. The number of phenolic OH excluding ortho intramolecular Hbond substituents is 2. The molecule has 2 heterocycles. The van der Waals surface area contributed by atoms with Crippen LogP contribution in [0.2, 0.25) is 0 Å². The third kappa shape index (κ3) is 3.67. The van der Waals surface area contributed by atoms with Crippen LogP contribution in [0.25, 0.3) is 0 Å². The second kappa shape index (κ2) is 8.56. The molecule has 1 aromatic carbocycles. The number of carbonyl (C=O) groups is 3. The maximum Gasteiger partial charge on any atom is 0.202 e. The number of phenols is 2. The SMILES string of the molecule is CC1(C2Oc3cc(O)c(C4OC(CO)C(O)C(O)C4O)c(O)c3C(=O)C2O)CCC(=O)C(=O)C1. The fourth-order valence-electron chi connectivity index (χ4n) is 4.94. The predicted octanol–water partition coefficient (Wildman–Crippen LogP) is -1.75. The number of hydrogen-bond donors (Lipinski definition) is 7. The number of fused-ring (bicyclic) bond motifs is 1. The molecule has 34 heavy (non-hydrogen) atoms. The predicted molar refractivity (Wildman–Crippen MR) is 109 cm³/mol. The molecule has 4 rings (SSSR count). The highest BCUT2D eigenvalue weighted by Gasteiger charge is 2.52. The van der Waals surface area contributed by atoms with E-state index in [0.29, 0.717) is 0 Å². The first-order valence-electron chi connectivity index (χ1n) is 10.8. The summed E-state index contributed by atoms with van der Waals surface area (Å²) >= 11 is 0. The van der Waals surface area contributed by atoms with Gasteiger partial charge in [-0.1, -0.05) is 6.92 Å². The molecule has 0 bridgehead atoms. The molecule has 1 saturated carbocycles. The van der Waals surface area contributed by atoms with Gasteiger partial charge in [0.1, 0.15) is 59.4 Å². The molecule has 12 nitrogen and oxygen atoms in total. The molecule has 0 aromatic heterocycles. The van der Waals surface area contributed by atoms with Crippen molar-refractivity contribution in [3.8, 4) is 17.2 Å². The highest BCUT2D eigenvalue weighted by Crippen LogP contribution is 2.50. The van der Waals surface area contributed by atoms with Crippen molar-refractivity contribution in [2.24, 2.45) is 5.41 Å². The van der Waals surface area contributed by atoms with E-state index in [9.17, 15) is 50.1 Å². The fraction of sp³-hybridized carbons (Fsp3) is 0.591. The monoisotopic (exact) mass is 482 g/mol. The molecule has 8 unspecified atom stereocenters. The zero-order valence-electron chi connectivity index (χ0n) is 18.1. The number of Topliss-reactive ketones (excluding diaryl/α,β-unsaturated/α-hetero) is 3. The lowest BCUT2D eigenvalue weighted by Crippen LogP contribution is -2.55. The number of aliphatic hydroxyl groups is 5. The smallest absolute Gasteiger partial charge is 0.202 e. The number of rotatable bonds is 3. The summed E-state index contributed by atoms with van der Waals surface area (Å²) < 4.78 is 11.1. The minimum atomic E-state index is -1.85. The summed E-state index contributed by atoms with van der Waals surface area (Å²) in [6.45, 7) is 0.835. The normalized spacial score (nSPS) is 38.4. The van der Waals surface area contributed by atoms with Crippen molar-refractivity contribution in [1.29, 1.82) is 0 Å². The van der Waals surface area contributed by atoms with Crippen molar-refractivity contribution in [1.82, 2.24) is 0 Å². The number of ether oxygens (including phenoxy) is 2. The van der Waals surface area contributed by atoms with E-state index in [-0.39, 0.29) is 25.0 Å². The first kappa shape index (κ1) is 24.5. The summed E-state index contributed by atoms with van der Waals surface area (Å²) in [4.78, 5) is 36.7. The topological polar surface area (TPSA) is 211 Å². The quantitative estimate of drug-likeness (QED) is 0.239. The Kier molecular flexibility index (Phi) is 6.17. The van der Waals surface area contributed by atoms with Crippen LogP contribution < -0.4 is 4.74 Å². The second-order valence-electron chi connectivity index (χ2n) is 9.31. The maximum absolute atomic E-state index is 13.1. The number of ketones is 3. The van der Waals surface area contributed by atoms with Gasteiger partial charge in [0.15, 0.2) is 17.7 Å². The fourth-order valence-corrected chi connectivity index (χ4v) is 4.94. The Morgan fingerprint density at radius 2 is 1.71 bits per heavy atom. The molecule has 1 aliphatic carbocycles. The third-order valence-electron chi connectivity index (χ3n) is 7.00. The molecule has 12 heteroatoms. The first-order valence-corrected chi connectivity index (χ1v) is 10.8. The molecule has 0 radical (unpaired) electrons. The standard InChI is InChI=1S/C22H26O12/c1-22(3-2-7(24)9(26)5-22)21-19(32)16(29)13-10(34-21)4-8(25)12(15(13)28)20-18(31)17(30)14(27)11(6-23)33-20/h4,11,14,17-21,23,25,27-28,30-32H,2-3,5-6H2,1H3. The van der Waals surface area contributed by atoms with Gasteiger partial charge in [-0.2, -0.15) is 0 Å². The molecule has 2 fully saturated rings. The highest BCUT2D eigenvalue weighted by atomic mass is 16.5. The van der Waals surface area contributed by atoms with Crippen LogP contribution >= 0.6 is 0 Å². The van der Waals surface area contributed by atoms with E-state index in [0.717, 1.165) is 6.07 Å². The highest BCUT2D eigenvalue weighted by molar-refractivity contribution is 6.37. The molecule has 0 amide bonds. The Labute approximate surface area is 193 Å². The van der Waals surface area contributed by atoms with Crippen LogP contribution in [0.15, 0.2) is 6.07 Å². The lowest BCUT2D eigenvalue weighted by molar-refractivity contribution is -0.232. The minimum absolute atomic E-state index is 0.0739. The lowest BCUT2D eigenvalue weighted by atomic mass is 9.68. The Morgan fingerprint density at radius 1 is 1.03 bits per heavy atom. The number of hydrogen-bond acceptors (Lipinski definition) is 12. The van der Waals surface area contributed by atoms with Crippen molar-refractivity contribution in [2.75, 3.05) is 6.61 Å². The molecular weight excluding hydrogens is 456 g/mol. The van der Waals surface area contributed by atoms with E-state index in [2.05, 4.69) is 0 Å². The number of aliphatic hydroxyl groups excluding tert-OH is 5. The van der Waals surface area contributed by atoms with Crippen LogP contribution in [0.3, 0.4) is 0 Å². The maximum atomic E-state index is 13.1. The summed E-state index contributed by atoms with van der Waals surface area (Å²) in [7, 11) is 0. The van der Waals surface area contributed by atoms with Gasteiger partial charge in [-0.25, -0.2) is 0 Å². The van der Waals surface area contributed by atoms with Gasteiger partial charge in [-0.3, -0.25) is 14.4 Å². The second-order valence-corrected chi connectivity index (χ2v) is 9.31. The van der Waals surface area contributed by atoms with Gasteiger partial charge in [0.25, 0.3) is 0 Å². The van der Waals surface area contributed by atoms with Crippen LogP contribution in [-0.4, -0.2) is 96.3 Å². The Morgan fingerprint density at radius 3 is 2.32 bits per heavy atom. The molecule has 1 aromatic rings. The molecule has 7 N–H and O–H groups in total. The van der Waals surface area contributed by atoms with Crippen molar-refractivity contribution in [2.45, 2.75) is 68.9 Å². The molecule has 0 spiro atoms. The van der Waals surface area contributed by atoms with E-state index in [1.165, 1.54) is 0 Å². The largest absolute Gasteiger partial charge is 0.507 e. The van der Waals surface area contributed by atoms with Crippen LogP contribution in [0, 0.1) is 5.41 Å². The zero-order valence-corrected chi connectivity index (χ0v) is 18.1. The van der Waals surface area contributed by atoms with Gasteiger partial charge in [-0.05, 0) is 6.42 Å². The van der Waals surface area contributed by atoms with Crippen molar-refractivity contribution < 1.29 is 59.6 Å². The van der Waals surface area contributed by atoms with Gasteiger partial charge in [0.05, 0.1) is 12.2 Å². The van der Waals surface area contributed by atoms with Crippen LogP contribution in [0.1, 0.15) is 48.2 Å². The van der Waals surface area contributed by atoms with Gasteiger partial charge in [-0.15, -0.1) is 0 Å². The Hall–Kier alpha value is -2.61. The van der Waals surface area contributed by atoms with E-state index in [4.69, 9.17) is 9.47 Å². The van der Waals surface area contributed by atoms with Gasteiger partial charge in [0, 0.05) is 24.3 Å². The van der Waals surface area contributed by atoms with E-state index in [1.807, 2.05) is 0 Å². The van der Waals surface area contributed by atoms with E-state index in [1.54, 1.807) is 6.92 Å². The van der Waals surface area contributed by atoms with Crippen molar-refractivity contribution >= 4 is 17.3 Å². The number of carbonyl (C=O) groups excluding carboxylic acids is 3. The van der Waals surface area contributed by atoms with Crippen molar-refractivity contribution in [3.05, 3.63) is 17.2 Å². The number of aromatic hydroxyl groups is 2. The van der Waals surface area contributed by atoms with Gasteiger partial charge < -0.3 is 45.2 Å². The Balaban J connectivity index is 1.73. The molecule has 1 saturated heterocycles. The van der Waals surface area contributed by atoms with Crippen LogP contribution in [-0.2, 0) is 14.3 Å². The van der Waals surface area contributed by atoms with Gasteiger partial charge in [0.2, 0.25) is 5.78 Å².